The first-order chi connectivity index (χ1) is 11.1. The lowest BCUT2D eigenvalue weighted by atomic mass is 10.2. The van der Waals surface area contributed by atoms with E-state index in [2.05, 4.69) is 53.6 Å². The molecule has 6 heteroatoms. The van der Waals surface area contributed by atoms with Crippen LogP contribution in [-0.4, -0.2) is 50.2 Å². The van der Waals surface area contributed by atoms with E-state index >= 15 is 0 Å². The van der Waals surface area contributed by atoms with Crippen LogP contribution in [0.2, 0.25) is 0 Å². The summed E-state index contributed by atoms with van der Waals surface area (Å²) in [6, 6.07) is 9.33. The number of nitrogens with one attached hydrogen (secondary N) is 2. The van der Waals surface area contributed by atoms with Gasteiger partial charge in [0.1, 0.15) is 5.75 Å². The van der Waals surface area contributed by atoms with Gasteiger partial charge in [-0.1, -0.05) is 12.1 Å². The highest BCUT2D eigenvalue weighted by molar-refractivity contribution is 14.0. The van der Waals surface area contributed by atoms with Crippen LogP contribution in [0.3, 0.4) is 0 Å². The number of benzene rings is 1. The Bertz CT molecular complexity index is 502. The zero-order chi connectivity index (χ0) is 16.7. The Morgan fingerprint density at radius 1 is 1.29 bits per heavy atom. The van der Waals surface area contributed by atoms with Crippen molar-refractivity contribution in [2.45, 2.75) is 45.3 Å². The molecule has 2 N–H and O–H groups in total. The van der Waals surface area contributed by atoms with Crippen LogP contribution in [-0.2, 0) is 6.54 Å². The van der Waals surface area contributed by atoms with Crippen LogP contribution < -0.4 is 15.4 Å². The largest absolute Gasteiger partial charge is 0.497 e. The standard InChI is InChI=1S/C18H30N4O.HI/c1-5-19-18(20-12-14(2)22(3)16-8-9-16)21-13-15-6-10-17(23-4)11-7-15;/h6-7,10-11,14,16H,5,8-9,12-13H2,1-4H3,(H2,19,20,21);1H. The Labute approximate surface area is 163 Å². The summed E-state index contributed by atoms with van der Waals surface area (Å²) >= 11 is 0. The van der Waals surface area contributed by atoms with E-state index in [9.17, 15) is 0 Å². The van der Waals surface area contributed by atoms with Gasteiger partial charge < -0.3 is 15.4 Å². The monoisotopic (exact) mass is 446 g/mol. The summed E-state index contributed by atoms with van der Waals surface area (Å²) in [5.74, 6) is 1.75. The minimum Gasteiger partial charge on any atom is -0.497 e. The first kappa shape index (κ1) is 21.0. The molecule has 1 aliphatic carbocycles. The van der Waals surface area contributed by atoms with Crippen LogP contribution in [0.1, 0.15) is 32.3 Å². The average molecular weight is 446 g/mol. The van der Waals surface area contributed by atoms with Crippen LogP contribution in [0, 0.1) is 0 Å². The van der Waals surface area contributed by atoms with Crippen molar-refractivity contribution >= 4 is 29.9 Å². The van der Waals surface area contributed by atoms with Gasteiger partial charge in [-0.2, -0.15) is 0 Å². The fraction of sp³-hybridized carbons (Fsp3) is 0.611. The van der Waals surface area contributed by atoms with Crippen LogP contribution in [0.4, 0.5) is 0 Å². The molecule has 136 valence electrons. The lowest BCUT2D eigenvalue weighted by Gasteiger charge is -2.25. The molecular weight excluding hydrogens is 415 g/mol. The van der Waals surface area contributed by atoms with E-state index in [-0.39, 0.29) is 24.0 Å². The molecule has 5 nitrogen and oxygen atoms in total. The molecule has 1 atom stereocenters. The maximum Gasteiger partial charge on any atom is 0.191 e. The normalized spacial score (nSPS) is 15.6. The summed E-state index contributed by atoms with van der Waals surface area (Å²) in [7, 11) is 3.89. The molecule has 0 radical (unpaired) electrons. The first-order valence-corrected chi connectivity index (χ1v) is 8.51. The van der Waals surface area contributed by atoms with E-state index in [1.54, 1.807) is 7.11 Å². The van der Waals surface area contributed by atoms with E-state index in [1.807, 2.05) is 12.1 Å². The van der Waals surface area contributed by atoms with Gasteiger partial charge in [0, 0.05) is 25.2 Å². The number of guanidine groups is 1. The number of ether oxygens (including phenoxy) is 1. The second kappa shape index (κ2) is 10.8. The highest BCUT2D eigenvalue weighted by Gasteiger charge is 2.28. The van der Waals surface area contributed by atoms with Gasteiger partial charge in [-0.25, -0.2) is 4.99 Å². The van der Waals surface area contributed by atoms with Crippen molar-refractivity contribution in [3.8, 4) is 5.75 Å². The van der Waals surface area contributed by atoms with E-state index in [4.69, 9.17) is 4.74 Å². The minimum atomic E-state index is 0. The van der Waals surface area contributed by atoms with Crippen molar-refractivity contribution in [3.63, 3.8) is 0 Å². The lowest BCUT2D eigenvalue weighted by molar-refractivity contribution is 0.247. The molecular formula is C18H31IN4O. The van der Waals surface area contributed by atoms with Gasteiger partial charge in [-0.3, -0.25) is 4.90 Å². The fourth-order valence-electron chi connectivity index (χ4n) is 2.47. The van der Waals surface area contributed by atoms with Gasteiger partial charge in [0.25, 0.3) is 0 Å². The third-order valence-corrected chi connectivity index (χ3v) is 4.31. The average Bonchev–Trinajstić information content (AvgIpc) is 3.41. The van der Waals surface area contributed by atoms with Crippen LogP contribution in [0.25, 0.3) is 0 Å². The molecule has 0 saturated heterocycles. The first-order valence-electron chi connectivity index (χ1n) is 8.51. The minimum absolute atomic E-state index is 0. The molecule has 0 bridgehead atoms. The summed E-state index contributed by atoms with van der Waals surface area (Å²) in [5.41, 5.74) is 1.17. The highest BCUT2D eigenvalue weighted by atomic mass is 127. The molecule has 1 aromatic carbocycles. The summed E-state index contributed by atoms with van der Waals surface area (Å²) in [6.45, 7) is 6.78. The van der Waals surface area contributed by atoms with Crippen LogP contribution in [0.5, 0.6) is 5.75 Å². The van der Waals surface area contributed by atoms with E-state index in [0.29, 0.717) is 12.6 Å². The Morgan fingerprint density at radius 2 is 1.96 bits per heavy atom. The Morgan fingerprint density at radius 3 is 2.50 bits per heavy atom. The Balaban J connectivity index is 0.00000288. The zero-order valence-electron chi connectivity index (χ0n) is 15.2. The molecule has 1 saturated carbocycles. The number of aliphatic imine (C=N–C) groups is 1. The van der Waals surface area contributed by atoms with Crippen molar-refractivity contribution in [1.29, 1.82) is 0 Å². The fourth-order valence-corrected chi connectivity index (χ4v) is 2.47. The molecule has 0 aromatic heterocycles. The molecule has 0 amide bonds. The summed E-state index contributed by atoms with van der Waals surface area (Å²) < 4.78 is 5.18. The molecule has 0 aliphatic heterocycles. The topological polar surface area (TPSA) is 48.9 Å². The quantitative estimate of drug-likeness (QED) is 0.367. The van der Waals surface area contributed by atoms with Gasteiger partial charge in [0.2, 0.25) is 0 Å². The van der Waals surface area contributed by atoms with Crippen LogP contribution >= 0.6 is 24.0 Å². The molecule has 1 aliphatic rings. The maximum atomic E-state index is 5.18. The third kappa shape index (κ3) is 6.84. The smallest absolute Gasteiger partial charge is 0.191 e. The molecule has 0 spiro atoms. The molecule has 24 heavy (non-hydrogen) atoms. The lowest BCUT2D eigenvalue weighted by Crippen LogP contribution is -2.45. The number of likely N-dealkylation sites (N-methyl/N-ethyl adjacent to an activating group) is 1. The third-order valence-electron chi connectivity index (χ3n) is 4.31. The zero-order valence-corrected chi connectivity index (χ0v) is 17.5. The maximum absolute atomic E-state index is 5.18. The number of halogens is 1. The second-order valence-corrected chi connectivity index (χ2v) is 6.17. The van der Waals surface area contributed by atoms with Crippen molar-refractivity contribution in [3.05, 3.63) is 29.8 Å². The molecule has 0 heterocycles. The van der Waals surface area contributed by atoms with E-state index in [0.717, 1.165) is 30.8 Å². The van der Waals surface area contributed by atoms with E-state index in [1.165, 1.54) is 18.4 Å². The van der Waals surface area contributed by atoms with Gasteiger partial charge in [0.05, 0.1) is 13.7 Å². The number of hydrogen-bond donors (Lipinski definition) is 2. The van der Waals surface area contributed by atoms with Crippen molar-refractivity contribution < 1.29 is 4.74 Å². The highest BCUT2D eigenvalue weighted by Crippen LogP contribution is 2.26. The molecule has 2 rings (SSSR count). The predicted molar refractivity (Wildman–Crippen MR) is 111 cm³/mol. The van der Waals surface area contributed by atoms with E-state index < -0.39 is 0 Å². The SMILES string of the molecule is CCNC(=NCc1ccc(OC)cc1)NCC(C)N(C)C1CC1.I. The molecule has 1 fully saturated rings. The Hall–Kier alpha value is -1.02. The molecule has 1 unspecified atom stereocenters. The van der Waals surface area contributed by atoms with Gasteiger partial charge in [-0.05, 0) is 51.4 Å². The second-order valence-electron chi connectivity index (χ2n) is 6.17. The number of nitrogens with zero attached hydrogens (tertiary/aromatic N) is 2. The summed E-state index contributed by atoms with van der Waals surface area (Å²) in [6.07, 6.45) is 2.68. The van der Waals surface area contributed by atoms with Crippen molar-refractivity contribution in [2.24, 2.45) is 4.99 Å². The van der Waals surface area contributed by atoms with Crippen molar-refractivity contribution in [1.82, 2.24) is 15.5 Å². The number of rotatable bonds is 8. The van der Waals surface area contributed by atoms with Crippen molar-refractivity contribution in [2.75, 3.05) is 27.2 Å². The number of hydrogen-bond acceptors (Lipinski definition) is 3. The van der Waals surface area contributed by atoms with Gasteiger partial charge >= 0.3 is 0 Å². The van der Waals surface area contributed by atoms with Gasteiger partial charge in [0.15, 0.2) is 5.96 Å². The van der Waals surface area contributed by atoms with Gasteiger partial charge in [-0.15, -0.1) is 24.0 Å². The molecule has 1 aromatic rings. The summed E-state index contributed by atoms with van der Waals surface area (Å²) in [4.78, 5) is 7.12. The van der Waals surface area contributed by atoms with Crippen LogP contribution in [0.15, 0.2) is 29.3 Å². The number of methoxy groups -OCH3 is 1. The Kier molecular flexibility index (Phi) is 9.43. The summed E-state index contributed by atoms with van der Waals surface area (Å²) in [5, 5.41) is 6.76. The predicted octanol–water partition coefficient (Wildman–Crippen LogP) is 2.85.